The van der Waals surface area contributed by atoms with Crippen molar-refractivity contribution in [3.63, 3.8) is 0 Å². The van der Waals surface area contributed by atoms with Gasteiger partial charge in [0.1, 0.15) is 0 Å². The summed E-state index contributed by atoms with van der Waals surface area (Å²) in [5, 5.41) is 3.78. The third-order valence-corrected chi connectivity index (χ3v) is 7.70. The normalized spacial score (nSPS) is 20.1. The number of hydrogen-bond acceptors (Lipinski definition) is 5. The number of rotatable bonds is 4. The molecule has 0 bridgehead atoms. The first-order chi connectivity index (χ1) is 14.0. The van der Waals surface area contributed by atoms with E-state index in [-0.39, 0.29) is 11.9 Å². The second kappa shape index (κ2) is 9.23. The molecule has 29 heavy (non-hydrogen) atoms. The fraction of sp³-hybridized carbons (Fsp3) is 0.300. The summed E-state index contributed by atoms with van der Waals surface area (Å²) < 4.78 is 1.25. The van der Waals surface area contributed by atoms with Crippen LogP contribution in [-0.4, -0.2) is 76.3 Å². The molecule has 152 valence electrons. The zero-order valence-electron chi connectivity index (χ0n) is 15.7. The minimum absolute atomic E-state index is 0.0550. The van der Waals surface area contributed by atoms with Crippen LogP contribution in [0, 0.1) is 0 Å². The van der Waals surface area contributed by atoms with Crippen LogP contribution in [0.3, 0.4) is 0 Å². The van der Waals surface area contributed by atoms with Gasteiger partial charge in [0.2, 0.25) is 0 Å². The summed E-state index contributed by atoms with van der Waals surface area (Å²) in [6.07, 6.45) is 8.35. The summed E-state index contributed by atoms with van der Waals surface area (Å²) in [7, 11) is 0. The number of benzene rings is 1. The Bertz CT molecular complexity index is 942. The van der Waals surface area contributed by atoms with Crippen molar-refractivity contribution in [1.29, 1.82) is 0 Å². The van der Waals surface area contributed by atoms with Gasteiger partial charge in [0, 0.05) is 0 Å². The number of halogens is 2. The first-order valence-corrected chi connectivity index (χ1v) is 12.2. The summed E-state index contributed by atoms with van der Waals surface area (Å²) in [5.74, 6) is -0.0550. The molecule has 2 atom stereocenters. The number of allylic oxidation sites excluding steroid dienone is 2. The molecule has 1 aromatic heterocycles. The zero-order chi connectivity index (χ0) is 20.4. The summed E-state index contributed by atoms with van der Waals surface area (Å²) in [5.41, 5.74) is 0.473. The molecule has 2 aliphatic rings. The average Bonchev–Trinajstić information content (AvgIpc) is 3.24. The molecular formula is C20H21AsCl2N4OS. The fourth-order valence-corrected chi connectivity index (χ4v) is 5.80. The predicted octanol–water partition coefficient (Wildman–Crippen LogP) is 3.13. The average molecular weight is 511 g/mol. The van der Waals surface area contributed by atoms with Crippen LogP contribution in [0.25, 0.3) is 0 Å². The second-order valence-corrected chi connectivity index (χ2v) is 9.82. The summed E-state index contributed by atoms with van der Waals surface area (Å²) in [6, 6.07) is 5.44. The van der Waals surface area contributed by atoms with E-state index in [0.29, 0.717) is 28.7 Å². The van der Waals surface area contributed by atoms with Gasteiger partial charge in [-0.25, -0.2) is 0 Å². The number of hydrogen-bond donors (Lipinski definition) is 0. The molecule has 1 aromatic carbocycles. The SMILES string of the molecule is O=C(c1cccc(Cl)c1Cl)N1CCN(CC2C=CC=C([AsH2])N2c2nccs2)CC1. The predicted molar refractivity (Wildman–Crippen MR) is 123 cm³/mol. The molecule has 4 rings (SSSR count). The maximum atomic E-state index is 12.9. The quantitative estimate of drug-likeness (QED) is 0.592. The van der Waals surface area contributed by atoms with Crippen molar-refractivity contribution in [2.24, 2.45) is 0 Å². The molecule has 2 unspecified atom stereocenters. The van der Waals surface area contributed by atoms with Gasteiger partial charge in [-0.15, -0.1) is 0 Å². The number of aromatic nitrogens is 1. The van der Waals surface area contributed by atoms with Crippen molar-refractivity contribution in [1.82, 2.24) is 14.8 Å². The van der Waals surface area contributed by atoms with E-state index in [0.717, 1.165) is 24.8 Å². The van der Waals surface area contributed by atoms with Crippen molar-refractivity contribution in [2.75, 3.05) is 37.6 Å². The number of thiazole rings is 1. The Labute approximate surface area is 193 Å². The number of amides is 1. The summed E-state index contributed by atoms with van der Waals surface area (Å²) in [6.45, 7) is 3.90. The molecule has 0 spiro atoms. The fourth-order valence-electron chi connectivity index (χ4n) is 3.61. The molecule has 0 radical (unpaired) electrons. The number of nitrogens with zero attached hydrogens (tertiary/aromatic N) is 4. The Morgan fingerprint density at radius 1 is 1.24 bits per heavy atom. The number of piperazine rings is 1. The molecule has 5 nitrogen and oxygen atoms in total. The van der Waals surface area contributed by atoms with Gasteiger partial charge in [0.05, 0.1) is 0 Å². The van der Waals surface area contributed by atoms with Crippen LogP contribution in [-0.2, 0) is 0 Å². The third kappa shape index (κ3) is 4.57. The topological polar surface area (TPSA) is 39.7 Å². The van der Waals surface area contributed by atoms with Crippen LogP contribution in [0.15, 0.2) is 52.5 Å². The van der Waals surface area contributed by atoms with Gasteiger partial charge >= 0.3 is 176 Å². The first-order valence-electron chi connectivity index (χ1n) is 9.33. The van der Waals surface area contributed by atoms with E-state index in [9.17, 15) is 4.79 Å². The van der Waals surface area contributed by atoms with Crippen molar-refractivity contribution in [3.05, 3.63) is 68.1 Å². The monoisotopic (exact) mass is 510 g/mol. The Morgan fingerprint density at radius 3 is 2.76 bits per heavy atom. The van der Waals surface area contributed by atoms with Gasteiger partial charge in [-0.2, -0.15) is 0 Å². The Kier molecular flexibility index (Phi) is 6.67. The van der Waals surface area contributed by atoms with Gasteiger partial charge in [0.15, 0.2) is 0 Å². The van der Waals surface area contributed by atoms with E-state index in [1.165, 1.54) is 4.48 Å². The van der Waals surface area contributed by atoms with Crippen molar-refractivity contribution in [3.8, 4) is 0 Å². The molecule has 1 saturated heterocycles. The third-order valence-electron chi connectivity index (χ3n) is 5.12. The van der Waals surface area contributed by atoms with E-state index >= 15 is 0 Å². The van der Waals surface area contributed by atoms with Crippen molar-refractivity contribution >= 4 is 62.4 Å². The molecule has 2 aliphatic heterocycles. The minimum atomic E-state index is -0.0550. The molecule has 9 heteroatoms. The Balaban J connectivity index is 1.38. The van der Waals surface area contributed by atoms with Gasteiger partial charge in [-0.05, 0) is 6.07 Å². The molecule has 3 heterocycles. The van der Waals surface area contributed by atoms with E-state index in [4.69, 9.17) is 23.2 Å². The summed E-state index contributed by atoms with van der Waals surface area (Å²) >= 11 is 15.6. The molecule has 0 N–H and O–H groups in total. The van der Waals surface area contributed by atoms with Crippen LogP contribution in [0.1, 0.15) is 10.4 Å². The first kappa shape index (κ1) is 21.0. The van der Waals surface area contributed by atoms with Crippen LogP contribution in [0.5, 0.6) is 0 Å². The number of anilines is 1. The maximum absolute atomic E-state index is 12.9. The van der Waals surface area contributed by atoms with Gasteiger partial charge in [-0.1, -0.05) is 11.6 Å². The van der Waals surface area contributed by atoms with Crippen LogP contribution in [0.4, 0.5) is 5.13 Å². The van der Waals surface area contributed by atoms with Crippen LogP contribution in [0.2, 0.25) is 10.0 Å². The Hall–Kier alpha value is -1.30. The Morgan fingerprint density at radius 2 is 2.03 bits per heavy atom. The van der Waals surface area contributed by atoms with Gasteiger partial charge in [0.25, 0.3) is 0 Å². The van der Waals surface area contributed by atoms with Crippen molar-refractivity contribution < 1.29 is 4.79 Å². The van der Waals surface area contributed by atoms with Crippen molar-refractivity contribution in [2.45, 2.75) is 6.04 Å². The second-order valence-electron chi connectivity index (χ2n) is 6.92. The summed E-state index contributed by atoms with van der Waals surface area (Å²) in [4.78, 5) is 23.9. The van der Waals surface area contributed by atoms with E-state index in [1.54, 1.807) is 46.4 Å². The number of carbonyl (C=O) groups is 1. The van der Waals surface area contributed by atoms with E-state index in [2.05, 4.69) is 33.0 Å². The molecular weight excluding hydrogens is 490 g/mol. The molecule has 0 aliphatic carbocycles. The zero-order valence-corrected chi connectivity index (χ0v) is 20.4. The van der Waals surface area contributed by atoms with E-state index < -0.39 is 0 Å². The van der Waals surface area contributed by atoms with Gasteiger partial charge < -0.3 is 0 Å². The molecule has 2 aromatic rings. The molecule has 1 fully saturated rings. The standard InChI is InChI=1S/C20H21AsCl2N4OS/c21-17-6-1-3-14(27(17)20-24-7-12-29-20)13-25-8-10-26(11-9-25)19(28)15-4-2-5-16(22)18(15)23/h1-7,12,14H,8-11,13,21H2. The number of carbonyl (C=O) groups excluding carboxylic acids is 1. The molecule has 1 amide bonds. The van der Waals surface area contributed by atoms with Crippen LogP contribution < -0.4 is 4.90 Å². The molecule has 0 saturated carbocycles. The van der Waals surface area contributed by atoms with Crippen LogP contribution >= 0.6 is 34.5 Å². The van der Waals surface area contributed by atoms with Gasteiger partial charge in [-0.3, -0.25) is 0 Å². The van der Waals surface area contributed by atoms with E-state index in [1.807, 2.05) is 16.5 Å².